The Morgan fingerprint density at radius 3 is 2.90 bits per heavy atom. The summed E-state index contributed by atoms with van der Waals surface area (Å²) in [5.41, 5.74) is 14.7. The number of anilines is 2. The average molecular weight is 290 g/mol. The molecule has 1 aromatic heterocycles. The molecule has 0 spiro atoms. The summed E-state index contributed by atoms with van der Waals surface area (Å²) in [4.78, 5) is 10.6. The molecule has 0 atom stereocenters. The van der Waals surface area contributed by atoms with E-state index < -0.39 is 0 Å². The van der Waals surface area contributed by atoms with E-state index >= 15 is 0 Å². The fourth-order valence-corrected chi connectivity index (χ4v) is 2.76. The number of hydrogen-bond acceptors (Lipinski definition) is 5. The molecule has 0 aliphatic carbocycles. The second kappa shape index (κ2) is 5.26. The van der Waals surface area contributed by atoms with E-state index in [9.17, 15) is 0 Å². The third-order valence-corrected chi connectivity index (χ3v) is 3.72. The highest BCUT2D eigenvalue weighted by Crippen LogP contribution is 2.24. The van der Waals surface area contributed by atoms with Crippen molar-refractivity contribution in [2.24, 2.45) is 0 Å². The SMILES string of the molecule is Nc1nc(N)c2c(n1)CCN(Cc1cccc(Cl)c1)C2. The Hall–Kier alpha value is -1.85. The maximum atomic E-state index is 6.01. The van der Waals surface area contributed by atoms with Gasteiger partial charge >= 0.3 is 0 Å². The minimum Gasteiger partial charge on any atom is -0.383 e. The standard InChI is InChI=1S/C14H16ClN5/c15-10-3-1-2-9(6-10)7-20-5-4-12-11(8-20)13(16)19-14(17)18-12/h1-3,6H,4-5,7-8H2,(H4,16,17,18,19). The number of nitrogens with two attached hydrogens (primary N) is 2. The molecule has 2 heterocycles. The van der Waals surface area contributed by atoms with Crippen molar-refractivity contribution in [3.05, 3.63) is 46.1 Å². The van der Waals surface area contributed by atoms with Crippen molar-refractivity contribution >= 4 is 23.4 Å². The Morgan fingerprint density at radius 1 is 1.25 bits per heavy atom. The molecule has 20 heavy (non-hydrogen) atoms. The lowest BCUT2D eigenvalue weighted by atomic mass is 10.1. The summed E-state index contributed by atoms with van der Waals surface area (Å²) in [7, 11) is 0. The van der Waals surface area contributed by atoms with Crippen molar-refractivity contribution in [3.8, 4) is 0 Å². The summed E-state index contributed by atoms with van der Waals surface area (Å²) in [6.45, 7) is 2.51. The van der Waals surface area contributed by atoms with Gasteiger partial charge in [-0.1, -0.05) is 23.7 Å². The van der Waals surface area contributed by atoms with Crippen LogP contribution in [0.4, 0.5) is 11.8 Å². The van der Waals surface area contributed by atoms with Crippen LogP contribution in [0, 0.1) is 0 Å². The summed E-state index contributed by atoms with van der Waals surface area (Å²) < 4.78 is 0. The molecule has 0 saturated carbocycles. The van der Waals surface area contributed by atoms with Crippen molar-refractivity contribution in [2.75, 3.05) is 18.0 Å². The van der Waals surface area contributed by atoms with E-state index in [1.54, 1.807) is 0 Å². The van der Waals surface area contributed by atoms with E-state index in [2.05, 4.69) is 20.9 Å². The average Bonchev–Trinajstić information content (AvgIpc) is 2.39. The van der Waals surface area contributed by atoms with Crippen LogP contribution in [0.5, 0.6) is 0 Å². The fourth-order valence-electron chi connectivity index (χ4n) is 2.54. The lowest BCUT2D eigenvalue weighted by Crippen LogP contribution is -2.31. The minimum absolute atomic E-state index is 0.254. The second-order valence-corrected chi connectivity index (χ2v) is 5.42. The van der Waals surface area contributed by atoms with Gasteiger partial charge in [0.25, 0.3) is 0 Å². The van der Waals surface area contributed by atoms with Crippen LogP contribution in [-0.2, 0) is 19.5 Å². The van der Waals surface area contributed by atoms with E-state index in [0.29, 0.717) is 5.82 Å². The number of fused-ring (bicyclic) bond motifs is 1. The van der Waals surface area contributed by atoms with Crippen LogP contribution in [0.25, 0.3) is 0 Å². The molecule has 104 valence electrons. The number of benzene rings is 1. The molecule has 4 N–H and O–H groups in total. The van der Waals surface area contributed by atoms with Gasteiger partial charge in [-0.25, -0.2) is 4.98 Å². The van der Waals surface area contributed by atoms with Crippen LogP contribution in [0.15, 0.2) is 24.3 Å². The summed E-state index contributed by atoms with van der Waals surface area (Å²) in [5.74, 6) is 0.743. The van der Waals surface area contributed by atoms with Crippen molar-refractivity contribution in [3.63, 3.8) is 0 Å². The number of nitrogen functional groups attached to an aromatic ring is 2. The lowest BCUT2D eigenvalue weighted by molar-refractivity contribution is 0.243. The topological polar surface area (TPSA) is 81.1 Å². The third kappa shape index (κ3) is 2.69. The van der Waals surface area contributed by atoms with Crippen LogP contribution in [-0.4, -0.2) is 21.4 Å². The molecule has 0 bridgehead atoms. The molecule has 0 fully saturated rings. The van der Waals surface area contributed by atoms with Gasteiger partial charge in [0.2, 0.25) is 5.95 Å². The van der Waals surface area contributed by atoms with Gasteiger partial charge in [0, 0.05) is 36.6 Å². The smallest absolute Gasteiger partial charge is 0.222 e. The molecule has 0 unspecified atom stereocenters. The number of hydrogen-bond donors (Lipinski definition) is 2. The van der Waals surface area contributed by atoms with Gasteiger partial charge in [-0.05, 0) is 17.7 Å². The maximum absolute atomic E-state index is 6.01. The first kappa shape index (κ1) is 13.1. The van der Waals surface area contributed by atoms with Gasteiger partial charge in [-0.15, -0.1) is 0 Å². The molecular formula is C14H16ClN5. The predicted molar refractivity (Wildman–Crippen MR) is 80.1 cm³/mol. The molecule has 1 aromatic carbocycles. The van der Waals surface area contributed by atoms with Gasteiger partial charge in [-0.3, -0.25) is 4.90 Å². The molecule has 2 aromatic rings. The van der Waals surface area contributed by atoms with E-state index in [1.165, 1.54) is 5.56 Å². The summed E-state index contributed by atoms with van der Waals surface area (Å²) >= 11 is 6.01. The highest BCUT2D eigenvalue weighted by Gasteiger charge is 2.21. The van der Waals surface area contributed by atoms with Crippen molar-refractivity contribution < 1.29 is 0 Å². The van der Waals surface area contributed by atoms with E-state index in [0.717, 1.165) is 42.3 Å². The Kier molecular flexibility index (Phi) is 3.46. The first-order valence-corrected chi connectivity index (χ1v) is 6.87. The molecule has 3 rings (SSSR count). The zero-order chi connectivity index (χ0) is 14.1. The van der Waals surface area contributed by atoms with Gasteiger partial charge < -0.3 is 11.5 Å². The van der Waals surface area contributed by atoms with Gasteiger partial charge in [0.05, 0.1) is 5.69 Å². The molecule has 6 heteroatoms. The molecule has 0 radical (unpaired) electrons. The zero-order valence-corrected chi connectivity index (χ0v) is 11.8. The maximum Gasteiger partial charge on any atom is 0.222 e. The van der Waals surface area contributed by atoms with E-state index in [-0.39, 0.29) is 5.95 Å². The number of halogens is 1. The molecule has 1 aliphatic rings. The van der Waals surface area contributed by atoms with Gasteiger partial charge in [0.15, 0.2) is 0 Å². The van der Waals surface area contributed by atoms with Crippen molar-refractivity contribution in [1.29, 1.82) is 0 Å². The first-order valence-electron chi connectivity index (χ1n) is 6.49. The Labute approximate surface area is 122 Å². The highest BCUT2D eigenvalue weighted by atomic mass is 35.5. The molecular weight excluding hydrogens is 274 g/mol. The molecule has 0 saturated heterocycles. The Balaban J connectivity index is 1.79. The number of rotatable bonds is 2. The minimum atomic E-state index is 0.254. The van der Waals surface area contributed by atoms with Gasteiger partial charge in [0.1, 0.15) is 5.82 Å². The summed E-state index contributed by atoms with van der Waals surface area (Å²) in [5, 5.41) is 0.760. The van der Waals surface area contributed by atoms with Crippen LogP contribution in [0.3, 0.4) is 0 Å². The third-order valence-electron chi connectivity index (χ3n) is 3.48. The largest absolute Gasteiger partial charge is 0.383 e. The van der Waals surface area contributed by atoms with Crippen LogP contribution in [0.2, 0.25) is 5.02 Å². The normalized spacial score (nSPS) is 15.1. The number of nitrogens with zero attached hydrogens (tertiary/aromatic N) is 3. The zero-order valence-electron chi connectivity index (χ0n) is 11.0. The van der Waals surface area contributed by atoms with E-state index in [4.69, 9.17) is 23.1 Å². The first-order chi connectivity index (χ1) is 9.61. The summed E-state index contributed by atoms with van der Waals surface area (Å²) in [6.07, 6.45) is 0.840. The second-order valence-electron chi connectivity index (χ2n) is 4.98. The quantitative estimate of drug-likeness (QED) is 0.882. The highest BCUT2D eigenvalue weighted by molar-refractivity contribution is 6.30. The van der Waals surface area contributed by atoms with E-state index in [1.807, 2.05) is 18.2 Å². The van der Waals surface area contributed by atoms with Crippen molar-refractivity contribution in [1.82, 2.24) is 14.9 Å². The van der Waals surface area contributed by atoms with Crippen LogP contribution in [0.1, 0.15) is 16.8 Å². The number of aromatic nitrogens is 2. The Morgan fingerprint density at radius 2 is 2.10 bits per heavy atom. The lowest BCUT2D eigenvalue weighted by Gasteiger charge is -2.28. The van der Waals surface area contributed by atoms with Gasteiger partial charge in [-0.2, -0.15) is 4.98 Å². The molecule has 5 nitrogen and oxygen atoms in total. The van der Waals surface area contributed by atoms with Crippen LogP contribution < -0.4 is 11.5 Å². The molecule has 1 aliphatic heterocycles. The predicted octanol–water partition coefficient (Wildman–Crippen LogP) is 1.85. The van der Waals surface area contributed by atoms with Crippen molar-refractivity contribution in [2.45, 2.75) is 19.5 Å². The summed E-state index contributed by atoms with van der Waals surface area (Å²) in [6, 6.07) is 7.91. The molecule has 0 amide bonds. The fraction of sp³-hybridized carbons (Fsp3) is 0.286. The Bertz CT molecular complexity index is 643. The monoisotopic (exact) mass is 289 g/mol. The van der Waals surface area contributed by atoms with Crippen LogP contribution >= 0.6 is 11.6 Å².